The molecule has 3 heterocycles. The third-order valence-electron chi connectivity index (χ3n) is 6.67. The van der Waals surface area contributed by atoms with E-state index in [1.807, 2.05) is 47.0 Å². The molecule has 7 nitrogen and oxygen atoms in total. The van der Waals surface area contributed by atoms with Crippen LogP contribution in [-0.4, -0.2) is 36.1 Å². The number of H-pyrrole nitrogens is 1. The predicted molar refractivity (Wildman–Crippen MR) is 148 cm³/mol. The number of aryl methyl sites for hydroxylation is 1. The zero-order chi connectivity index (χ0) is 26.2. The van der Waals surface area contributed by atoms with Crippen molar-refractivity contribution in [1.82, 2.24) is 24.9 Å². The number of nitrogens with zero attached hydrogens (tertiary/aromatic N) is 3. The molecule has 0 bridgehead atoms. The van der Waals surface area contributed by atoms with E-state index in [-0.39, 0.29) is 18.0 Å². The van der Waals surface area contributed by atoms with Gasteiger partial charge in [-0.25, -0.2) is 9.37 Å². The number of hydrogen-bond donors (Lipinski definition) is 3. The smallest absolute Gasteiger partial charge is 0.254 e. The number of carbonyl (C=O) groups excluding carboxylic acids is 1. The van der Waals surface area contributed by atoms with E-state index in [0.717, 1.165) is 23.1 Å². The van der Waals surface area contributed by atoms with Gasteiger partial charge in [0.2, 0.25) is 0 Å². The fourth-order valence-electron chi connectivity index (χ4n) is 4.41. The maximum absolute atomic E-state index is 15.2. The highest BCUT2D eigenvalue weighted by molar-refractivity contribution is 5.95. The molecule has 0 saturated heterocycles. The number of pyridine rings is 1. The number of carbonyl (C=O) groups is 1. The standard InChI is InChI=1S/C29H28FN5O2.ClH/c1-4-18-5-7-19(8-6-18)27(36)29(2,3)34-28(37)23-11-9-20(13-24(23)30)25-16-31-26-12-10-21(17-35(25)26)22-14-32-33-15-22;/h5-17,27,36H,4H2,1-3H3,(H,32,33)(H,34,37);1H. The molecule has 5 aromatic rings. The van der Waals surface area contributed by atoms with Crippen LogP contribution >= 0.6 is 12.4 Å². The van der Waals surface area contributed by atoms with Gasteiger partial charge in [-0.1, -0.05) is 37.3 Å². The number of fused-ring (bicyclic) bond motifs is 1. The Balaban J connectivity index is 0.00000336. The molecule has 9 heteroatoms. The van der Waals surface area contributed by atoms with E-state index < -0.39 is 23.4 Å². The monoisotopic (exact) mass is 533 g/mol. The zero-order valence-corrected chi connectivity index (χ0v) is 22.1. The molecule has 3 aromatic heterocycles. The SMILES string of the molecule is CCc1ccc(C(O)C(C)(C)NC(=O)c2ccc(-c3cnc4ccc(-c5cn[nH]c5)cn34)cc2F)cc1.Cl. The molecule has 0 aliphatic carbocycles. The minimum absolute atomic E-state index is 0. The lowest BCUT2D eigenvalue weighted by atomic mass is 9.90. The summed E-state index contributed by atoms with van der Waals surface area (Å²) in [7, 11) is 0. The summed E-state index contributed by atoms with van der Waals surface area (Å²) in [5.74, 6) is -1.26. The van der Waals surface area contributed by atoms with Gasteiger partial charge >= 0.3 is 0 Å². The Labute approximate surface area is 226 Å². The number of amides is 1. The second kappa shape index (κ2) is 10.8. The number of aliphatic hydroxyl groups is 1. The fourth-order valence-corrected chi connectivity index (χ4v) is 4.41. The minimum atomic E-state index is -1.03. The number of benzene rings is 2. The molecule has 0 aliphatic rings. The number of halogens is 2. The lowest BCUT2D eigenvalue weighted by molar-refractivity contribution is 0.0632. The van der Waals surface area contributed by atoms with Crippen molar-refractivity contribution in [3.8, 4) is 22.4 Å². The highest BCUT2D eigenvalue weighted by Gasteiger charge is 2.32. The van der Waals surface area contributed by atoms with Crippen molar-refractivity contribution in [3.63, 3.8) is 0 Å². The Morgan fingerprint density at radius 1 is 1.08 bits per heavy atom. The summed E-state index contributed by atoms with van der Waals surface area (Å²) in [6.45, 7) is 5.49. The largest absolute Gasteiger partial charge is 0.386 e. The van der Waals surface area contributed by atoms with Crippen LogP contribution in [0.3, 0.4) is 0 Å². The topological polar surface area (TPSA) is 95.3 Å². The molecule has 2 aromatic carbocycles. The molecule has 0 fully saturated rings. The number of aromatic nitrogens is 4. The molecule has 1 amide bonds. The Morgan fingerprint density at radius 2 is 1.82 bits per heavy atom. The molecule has 1 unspecified atom stereocenters. The summed E-state index contributed by atoms with van der Waals surface area (Å²) in [5, 5.41) is 20.5. The first kappa shape index (κ1) is 27.0. The van der Waals surface area contributed by atoms with E-state index in [0.29, 0.717) is 22.5 Å². The molecule has 196 valence electrons. The van der Waals surface area contributed by atoms with Gasteiger partial charge in [-0.3, -0.25) is 14.3 Å². The highest BCUT2D eigenvalue weighted by Crippen LogP contribution is 2.28. The van der Waals surface area contributed by atoms with Gasteiger partial charge in [0, 0.05) is 29.1 Å². The molecule has 0 radical (unpaired) electrons. The van der Waals surface area contributed by atoms with Gasteiger partial charge in [-0.15, -0.1) is 12.4 Å². The third-order valence-corrected chi connectivity index (χ3v) is 6.67. The maximum atomic E-state index is 15.2. The highest BCUT2D eigenvalue weighted by atomic mass is 35.5. The van der Waals surface area contributed by atoms with Crippen molar-refractivity contribution >= 4 is 24.0 Å². The van der Waals surface area contributed by atoms with Crippen LogP contribution in [-0.2, 0) is 6.42 Å². The van der Waals surface area contributed by atoms with Crippen molar-refractivity contribution in [2.45, 2.75) is 38.8 Å². The van der Waals surface area contributed by atoms with Gasteiger partial charge in [-0.05, 0) is 55.7 Å². The van der Waals surface area contributed by atoms with Gasteiger partial charge < -0.3 is 10.4 Å². The summed E-state index contributed by atoms with van der Waals surface area (Å²) >= 11 is 0. The zero-order valence-electron chi connectivity index (χ0n) is 21.3. The third kappa shape index (κ3) is 5.18. The predicted octanol–water partition coefficient (Wildman–Crippen LogP) is 5.76. The molecule has 0 saturated carbocycles. The normalized spacial score (nSPS) is 12.2. The average Bonchev–Trinajstić information content (AvgIpc) is 3.58. The van der Waals surface area contributed by atoms with E-state index in [1.54, 1.807) is 38.5 Å². The van der Waals surface area contributed by atoms with Crippen molar-refractivity contribution in [2.24, 2.45) is 0 Å². The van der Waals surface area contributed by atoms with Crippen LogP contribution in [0.15, 0.2) is 79.4 Å². The summed E-state index contributed by atoms with van der Waals surface area (Å²) in [6, 6.07) is 15.9. The lowest BCUT2D eigenvalue weighted by Crippen LogP contribution is -2.48. The van der Waals surface area contributed by atoms with Crippen molar-refractivity contribution in [1.29, 1.82) is 0 Å². The number of imidazole rings is 1. The first-order valence-corrected chi connectivity index (χ1v) is 12.1. The van der Waals surface area contributed by atoms with Gasteiger partial charge in [0.25, 0.3) is 5.91 Å². The van der Waals surface area contributed by atoms with Crippen molar-refractivity contribution in [2.75, 3.05) is 0 Å². The van der Waals surface area contributed by atoms with E-state index in [2.05, 4.69) is 27.4 Å². The van der Waals surface area contributed by atoms with Gasteiger partial charge in [-0.2, -0.15) is 5.10 Å². The summed E-state index contributed by atoms with van der Waals surface area (Å²) in [4.78, 5) is 17.4. The second-order valence-electron chi connectivity index (χ2n) is 9.64. The molecule has 5 rings (SSSR count). The minimum Gasteiger partial charge on any atom is -0.386 e. The van der Waals surface area contributed by atoms with Crippen LogP contribution in [0, 0.1) is 5.82 Å². The van der Waals surface area contributed by atoms with E-state index in [9.17, 15) is 9.90 Å². The second-order valence-corrected chi connectivity index (χ2v) is 9.64. The number of hydrogen-bond acceptors (Lipinski definition) is 4. The molecule has 1 atom stereocenters. The first-order chi connectivity index (χ1) is 17.8. The Bertz CT molecular complexity index is 1560. The van der Waals surface area contributed by atoms with Crippen molar-refractivity contribution in [3.05, 3.63) is 102 Å². The lowest BCUT2D eigenvalue weighted by Gasteiger charge is -2.32. The van der Waals surface area contributed by atoms with Crippen LogP contribution in [0.1, 0.15) is 48.4 Å². The number of aliphatic hydroxyl groups excluding tert-OH is 1. The van der Waals surface area contributed by atoms with Crippen LogP contribution in [0.4, 0.5) is 4.39 Å². The van der Waals surface area contributed by atoms with Crippen molar-refractivity contribution < 1.29 is 14.3 Å². The maximum Gasteiger partial charge on any atom is 0.254 e. The molecule has 0 aliphatic heterocycles. The van der Waals surface area contributed by atoms with Crippen LogP contribution in [0.5, 0.6) is 0 Å². The quantitative estimate of drug-likeness (QED) is 0.248. The average molecular weight is 534 g/mol. The fraction of sp³-hybridized carbons (Fsp3) is 0.207. The van der Waals surface area contributed by atoms with Gasteiger partial charge in [0.05, 0.1) is 29.2 Å². The Kier molecular flexibility index (Phi) is 7.66. The summed E-state index contributed by atoms with van der Waals surface area (Å²) in [5.41, 5.74) is 4.56. The molecule has 3 N–H and O–H groups in total. The summed E-state index contributed by atoms with van der Waals surface area (Å²) < 4.78 is 17.1. The first-order valence-electron chi connectivity index (χ1n) is 12.1. The Hall–Kier alpha value is -4.01. The molecule has 0 spiro atoms. The molecular formula is C29H29ClFN5O2. The number of rotatable bonds is 7. The Morgan fingerprint density at radius 3 is 2.47 bits per heavy atom. The van der Waals surface area contributed by atoms with E-state index in [1.165, 1.54) is 12.1 Å². The number of nitrogens with one attached hydrogen (secondary N) is 2. The van der Waals surface area contributed by atoms with Crippen LogP contribution in [0.25, 0.3) is 28.0 Å². The van der Waals surface area contributed by atoms with Gasteiger partial charge in [0.15, 0.2) is 0 Å². The molecule has 38 heavy (non-hydrogen) atoms. The van der Waals surface area contributed by atoms with E-state index >= 15 is 4.39 Å². The van der Waals surface area contributed by atoms with E-state index in [4.69, 9.17) is 0 Å². The van der Waals surface area contributed by atoms with Crippen LogP contribution in [0.2, 0.25) is 0 Å². The number of aromatic amines is 1. The molecular weight excluding hydrogens is 505 g/mol. The van der Waals surface area contributed by atoms with Gasteiger partial charge in [0.1, 0.15) is 17.6 Å². The van der Waals surface area contributed by atoms with Crippen LogP contribution < -0.4 is 5.32 Å². The summed E-state index contributed by atoms with van der Waals surface area (Å²) in [6.07, 6.45) is 7.04.